The fourth-order valence-corrected chi connectivity index (χ4v) is 2.77. The molecule has 2 rings (SSSR count). The second-order valence-electron chi connectivity index (χ2n) is 4.61. The number of hydrogen-bond donors (Lipinski definition) is 1. The van der Waals surface area contributed by atoms with Crippen LogP contribution in [0.2, 0.25) is 0 Å². The number of carbonyl (C=O) groups is 1. The fourth-order valence-electron chi connectivity index (χ4n) is 2.77. The molecule has 1 heterocycles. The number of likely N-dealkylation sites (tertiary alicyclic amines) is 1. The van der Waals surface area contributed by atoms with Crippen molar-refractivity contribution < 1.29 is 9.90 Å². The summed E-state index contributed by atoms with van der Waals surface area (Å²) in [6, 6.07) is 0.688. The fraction of sp³-hybridized carbons (Fsp3) is 0.909. The molecule has 3 heteroatoms. The van der Waals surface area contributed by atoms with E-state index in [1.165, 1.54) is 32.1 Å². The van der Waals surface area contributed by atoms with Gasteiger partial charge in [-0.25, -0.2) is 0 Å². The third-order valence-electron chi connectivity index (χ3n) is 3.66. The molecule has 0 radical (unpaired) electrons. The lowest BCUT2D eigenvalue weighted by Crippen LogP contribution is -2.35. The second-order valence-corrected chi connectivity index (χ2v) is 4.61. The van der Waals surface area contributed by atoms with E-state index < -0.39 is 5.97 Å². The van der Waals surface area contributed by atoms with Crippen molar-refractivity contribution in [3.63, 3.8) is 0 Å². The van der Waals surface area contributed by atoms with E-state index in [1.54, 1.807) is 0 Å². The average molecular weight is 197 g/mol. The van der Waals surface area contributed by atoms with Crippen molar-refractivity contribution in [1.82, 2.24) is 4.90 Å². The Morgan fingerprint density at radius 1 is 1.14 bits per heavy atom. The molecule has 2 fully saturated rings. The van der Waals surface area contributed by atoms with Gasteiger partial charge in [0.25, 0.3) is 0 Å². The van der Waals surface area contributed by atoms with Crippen LogP contribution in [0.4, 0.5) is 0 Å². The highest BCUT2D eigenvalue weighted by Crippen LogP contribution is 2.27. The van der Waals surface area contributed by atoms with Crippen LogP contribution in [0, 0.1) is 5.92 Å². The monoisotopic (exact) mass is 197 g/mol. The van der Waals surface area contributed by atoms with Crippen LogP contribution in [0.5, 0.6) is 0 Å². The van der Waals surface area contributed by atoms with Crippen molar-refractivity contribution in [1.29, 1.82) is 0 Å². The van der Waals surface area contributed by atoms with Crippen LogP contribution >= 0.6 is 0 Å². The maximum Gasteiger partial charge on any atom is 0.307 e. The minimum atomic E-state index is -0.608. The topological polar surface area (TPSA) is 40.5 Å². The summed E-state index contributed by atoms with van der Waals surface area (Å²) in [5.41, 5.74) is 0. The van der Waals surface area contributed by atoms with Crippen LogP contribution in [-0.4, -0.2) is 35.1 Å². The summed E-state index contributed by atoms with van der Waals surface area (Å²) in [6.07, 6.45) is 7.45. The first-order chi connectivity index (χ1) is 6.77. The number of nitrogens with zero attached hydrogens (tertiary/aromatic N) is 1. The highest BCUT2D eigenvalue weighted by Gasteiger charge is 2.32. The van der Waals surface area contributed by atoms with Crippen molar-refractivity contribution in [2.45, 2.75) is 44.6 Å². The number of carboxylic acids is 1. The molecule has 0 aromatic carbocycles. The molecule has 0 bridgehead atoms. The molecule has 1 aliphatic heterocycles. The van der Waals surface area contributed by atoms with Gasteiger partial charge >= 0.3 is 5.97 Å². The van der Waals surface area contributed by atoms with Gasteiger partial charge in [0.15, 0.2) is 0 Å². The van der Waals surface area contributed by atoms with Crippen LogP contribution in [0.15, 0.2) is 0 Å². The minimum absolute atomic E-state index is 0.100. The zero-order valence-corrected chi connectivity index (χ0v) is 8.61. The molecule has 0 aromatic heterocycles. The van der Waals surface area contributed by atoms with Gasteiger partial charge in [0.2, 0.25) is 0 Å². The van der Waals surface area contributed by atoms with Gasteiger partial charge in [0.1, 0.15) is 0 Å². The zero-order chi connectivity index (χ0) is 9.97. The lowest BCUT2D eigenvalue weighted by atomic mass is 9.94. The molecule has 1 aliphatic carbocycles. The number of carboxylic acid groups (broad SMARTS) is 1. The second kappa shape index (κ2) is 4.30. The first kappa shape index (κ1) is 9.97. The molecule has 0 aromatic rings. The van der Waals surface area contributed by atoms with Crippen molar-refractivity contribution in [2.24, 2.45) is 5.92 Å². The van der Waals surface area contributed by atoms with Crippen molar-refractivity contribution >= 4 is 5.97 Å². The van der Waals surface area contributed by atoms with Crippen LogP contribution in [0.3, 0.4) is 0 Å². The van der Waals surface area contributed by atoms with E-state index in [1.807, 2.05) is 0 Å². The van der Waals surface area contributed by atoms with E-state index in [0.29, 0.717) is 6.04 Å². The Hall–Kier alpha value is -0.570. The molecule has 1 atom stereocenters. The van der Waals surface area contributed by atoms with Gasteiger partial charge in [-0.2, -0.15) is 0 Å². The number of aliphatic carboxylic acids is 1. The van der Waals surface area contributed by atoms with E-state index in [-0.39, 0.29) is 5.92 Å². The molecular weight excluding hydrogens is 178 g/mol. The van der Waals surface area contributed by atoms with Crippen LogP contribution in [-0.2, 0) is 4.79 Å². The molecule has 0 spiro atoms. The van der Waals surface area contributed by atoms with Gasteiger partial charge in [-0.15, -0.1) is 0 Å². The minimum Gasteiger partial charge on any atom is -0.481 e. The summed E-state index contributed by atoms with van der Waals surface area (Å²) in [6.45, 7) is 1.79. The first-order valence-corrected chi connectivity index (χ1v) is 5.74. The quantitative estimate of drug-likeness (QED) is 0.733. The molecule has 14 heavy (non-hydrogen) atoms. The van der Waals surface area contributed by atoms with E-state index in [0.717, 1.165) is 19.5 Å². The standard InChI is InChI=1S/C11H19NO2/c13-11(14)9-6-7-12(8-9)10-4-2-1-3-5-10/h9-10H,1-8H2,(H,13,14)/t9-/m0/s1. The molecule has 1 saturated heterocycles. The number of rotatable bonds is 2. The van der Waals surface area contributed by atoms with Gasteiger partial charge in [-0.05, 0) is 25.8 Å². The molecule has 0 amide bonds. The zero-order valence-electron chi connectivity index (χ0n) is 8.61. The Balaban J connectivity index is 1.85. The van der Waals surface area contributed by atoms with Crippen LogP contribution < -0.4 is 0 Å². The summed E-state index contributed by atoms with van der Waals surface area (Å²) in [5.74, 6) is -0.708. The van der Waals surface area contributed by atoms with E-state index in [2.05, 4.69) is 4.90 Å². The summed E-state index contributed by atoms with van der Waals surface area (Å²) in [5, 5.41) is 8.90. The van der Waals surface area contributed by atoms with Crippen molar-refractivity contribution in [3.8, 4) is 0 Å². The van der Waals surface area contributed by atoms with Gasteiger partial charge in [0.05, 0.1) is 5.92 Å². The summed E-state index contributed by atoms with van der Waals surface area (Å²) in [7, 11) is 0. The smallest absolute Gasteiger partial charge is 0.307 e. The highest BCUT2D eigenvalue weighted by molar-refractivity contribution is 5.70. The summed E-state index contributed by atoms with van der Waals surface area (Å²) in [4.78, 5) is 13.2. The van der Waals surface area contributed by atoms with Crippen molar-refractivity contribution in [3.05, 3.63) is 0 Å². The van der Waals surface area contributed by atoms with E-state index >= 15 is 0 Å². The largest absolute Gasteiger partial charge is 0.481 e. The average Bonchev–Trinajstić information content (AvgIpc) is 2.68. The predicted molar refractivity (Wildman–Crippen MR) is 54.2 cm³/mol. The number of hydrogen-bond acceptors (Lipinski definition) is 2. The highest BCUT2D eigenvalue weighted by atomic mass is 16.4. The molecule has 1 N–H and O–H groups in total. The maximum atomic E-state index is 10.8. The SMILES string of the molecule is O=C(O)[C@H]1CCN(C2CCCCC2)C1. The molecule has 1 saturated carbocycles. The first-order valence-electron chi connectivity index (χ1n) is 5.74. The summed E-state index contributed by atoms with van der Waals surface area (Å²) >= 11 is 0. The molecule has 0 unspecified atom stereocenters. The van der Waals surface area contributed by atoms with Gasteiger partial charge in [-0.3, -0.25) is 9.69 Å². The lowest BCUT2D eigenvalue weighted by molar-refractivity contribution is -0.141. The molecular formula is C11H19NO2. The van der Waals surface area contributed by atoms with Gasteiger partial charge < -0.3 is 5.11 Å². The van der Waals surface area contributed by atoms with Crippen LogP contribution in [0.25, 0.3) is 0 Å². The normalized spacial score (nSPS) is 30.7. The Bertz CT molecular complexity index is 211. The Morgan fingerprint density at radius 2 is 1.86 bits per heavy atom. The van der Waals surface area contributed by atoms with E-state index in [9.17, 15) is 4.79 Å². The third-order valence-corrected chi connectivity index (χ3v) is 3.66. The van der Waals surface area contributed by atoms with Crippen molar-refractivity contribution in [2.75, 3.05) is 13.1 Å². The van der Waals surface area contributed by atoms with Crippen LogP contribution in [0.1, 0.15) is 38.5 Å². The third kappa shape index (κ3) is 2.08. The summed E-state index contributed by atoms with van der Waals surface area (Å²) < 4.78 is 0. The van der Waals surface area contributed by atoms with Gasteiger partial charge in [-0.1, -0.05) is 19.3 Å². The molecule has 2 aliphatic rings. The Morgan fingerprint density at radius 3 is 2.43 bits per heavy atom. The Kier molecular flexibility index (Phi) is 3.06. The maximum absolute atomic E-state index is 10.8. The lowest BCUT2D eigenvalue weighted by Gasteiger charge is -2.30. The molecule has 3 nitrogen and oxygen atoms in total. The molecule has 80 valence electrons. The Labute approximate surface area is 85.1 Å². The van der Waals surface area contributed by atoms with Gasteiger partial charge in [0, 0.05) is 12.6 Å². The predicted octanol–water partition coefficient (Wildman–Crippen LogP) is 1.73. The van der Waals surface area contributed by atoms with E-state index in [4.69, 9.17) is 5.11 Å².